The first-order valence-corrected chi connectivity index (χ1v) is 10.8. The minimum Gasteiger partial charge on any atom is -0.364 e. The number of halogens is 1. The van der Waals surface area contributed by atoms with Gasteiger partial charge in [-0.05, 0) is 42.9 Å². The second-order valence-corrected chi connectivity index (χ2v) is 9.00. The van der Waals surface area contributed by atoms with Crippen LogP contribution in [0.5, 0.6) is 0 Å². The minimum absolute atomic E-state index is 0.0545. The van der Waals surface area contributed by atoms with Crippen molar-refractivity contribution < 1.29 is 19.3 Å². The Morgan fingerprint density at radius 2 is 1.85 bits per heavy atom. The van der Waals surface area contributed by atoms with Crippen LogP contribution < -0.4 is 15.1 Å². The summed E-state index contributed by atoms with van der Waals surface area (Å²) in [5.74, 6) is -1.34. The number of likely N-dealkylation sites (N-methyl/N-ethyl adjacent to an activating group) is 1. The van der Waals surface area contributed by atoms with E-state index in [-0.39, 0.29) is 17.8 Å². The molecule has 3 aliphatic rings. The summed E-state index contributed by atoms with van der Waals surface area (Å²) in [6.07, 6.45) is -0.0545. The van der Waals surface area contributed by atoms with Gasteiger partial charge in [0.1, 0.15) is 0 Å². The Labute approximate surface area is 193 Å². The molecule has 4 amide bonds. The van der Waals surface area contributed by atoms with E-state index in [4.69, 9.17) is 11.6 Å². The van der Waals surface area contributed by atoms with Crippen LogP contribution in [0.4, 0.5) is 21.9 Å². The normalized spacial score (nSPS) is 25.0. The molecule has 3 aliphatic heterocycles. The molecular weight excluding hydrogens is 450 g/mol. The number of nitrogens with zero attached hydrogens (tertiary/aromatic N) is 4. The molecule has 2 aromatic carbocycles. The Morgan fingerprint density at radius 1 is 1.12 bits per heavy atom. The fraction of sp³-hybridized carbons (Fsp3) is 0.318. The monoisotopic (exact) mass is 469 g/mol. The fourth-order valence-electron chi connectivity index (χ4n) is 5.08. The molecule has 2 fully saturated rings. The number of imide groups is 2. The number of nitro groups is 1. The highest BCUT2D eigenvalue weighted by molar-refractivity contribution is 6.32. The molecule has 5 rings (SSSR count). The van der Waals surface area contributed by atoms with Crippen molar-refractivity contribution in [3.05, 3.63) is 63.2 Å². The minimum atomic E-state index is -1.63. The molecule has 10 nitrogen and oxygen atoms in total. The number of hydrogen-bond donors (Lipinski definition) is 1. The molecule has 2 atom stereocenters. The van der Waals surface area contributed by atoms with Gasteiger partial charge in [-0.3, -0.25) is 25.0 Å². The fourth-order valence-corrected chi connectivity index (χ4v) is 5.21. The lowest BCUT2D eigenvalue weighted by Crippen LogP contribution is -2.75. The van der Waals surface area contributed by atoms with Crippen LogP contribution in [0.25, 0.3) is 0 Å². The maximum Gasteiger partial charge on any atom is 0.335 e. The Hall–Kier alpha value is -3.50. The first-order valence-electron chi connectivity index (χ1n) is 10.4. The van der Waals surface area contributed by atoms with Crippen LogP contribution in [0.15, 0.2) is 42.5 Å². The van der Waals surface area contributed by atoms with Crippen LogP contribution in [-0.4, -0.2) is 60.4 Å². The van der Waals surface area contributed by atoms with E-state index < -0.39 is 34.2 Å². The summed E-state index contributed by atoms with van der Waals surface area (Å²) in [6, 6.07) is 9.31. The number of carbonyl (C=O) groups is 3. The molecule has 2 aromatic rings. The third-order valence-corrected chi connectivity index (χ3v) is 6.96. The molecule has 2 unspecified atom stereocenters. The number of non-ortho nitro benzene ring substituents is 1. The maximum absolute atomic E-state index is 14.0. The zero-order valence-corrected chi connectivity index (χ0v) is 18.4. The van der Waals surface area contributed by atoms with Crippen molar-refractivity contribution in [2.24, 2.45) is 5.41 Å². The number of anilines is 2. The number of piperazine rings is 1. The van der Waals surface area contributed by atoms with E-state index in [0.717, 1.165) is 10.6 Å². The quantitative estimate of drug-likeness (QED) is 0.407. The van der Waals surface area contributed by atoms with E-state index in [1.54, 1.807) is 18.2 Å². The highest BCUT2D eigenvalue weighted by Gasteiger charge is 2.63. The molecule has 0 aliphatic carbocycles. The van der Waals surface area contributed by atoms with Crippen molar-refractivity contribution in [3.8, 4) is 0 Å². The smallest absolute Gasteiger partial charge is 0.335 e. The molecule has 33 heavy (non-hydrogen) atoms. The number of nitro benzene ring substituents is 1. The summed E-state index contributed by atoms with van der Waals surface area (Å²) in [7, 11) is 1.91. The predicted molar refractivity (Wildman–Crippen MR) is 120 cm³/mol. The second kappa shape index (κ2) is 7.53. The summed E-state index contributed by atoms with van der Waals surface area (Å²) < 4.78 is 0. The molecule has 0 radical (unpaired) electrons. The average molecular weight is 470 g/mol. The summed E-state index contributed by atoms with van der Waals surface area (Å²) in [5, 5.41) is 14.2. The van der Waals surface area contributed by atoms with Crippen molar-refractivity contribution >= 4 is 46.5 Å². The van der Waals surface area contributed by atoms with E-state index >= 15 is 0 Å². The Bertz CT molecular complexity index is 1200. The first kappa shape index (κ1) is 21.4. The number of benzene rings is 2. The molecule has 1 spiro atoms. The molecule has 0 bridgehead atoms. The number of rotatable bonds is 2. The number of hydrogen-bond acceptors (Lipinski definition) is 7. The van der Waals surface area contributed by atoms with Crippen LogP contribution >= 0.6 is 11.6 Å². The molecule has 1 N–H and O–H groups in total. The SMILES string of the molecule is CN1CCN2c3ccc([N+](=O)[O-])cc3CC3(C(=O)NC(=O)N(c4ccc(Cl)cc4)C3=O)C2C1. The highest BCUT2D eigenvalue weighted by atomic mass is 35.5. The van der Waals surface area contributed by atoms with Gasteiger partial charge in [0, 0.05) is 48.9 Å². The zero-order valence-electron chi connectivity index (χ0n) is 17.7. The van der Waals surface area contributed by atoms with Crippen LogP contribution in [0.2, 0.25) is 5.02 Å². The average Bonchev–Trinajstić information content (AvgIpc) is 2.78. The maximum atomic E-state index is 14.0. The van der Waals surface area contributed by atoms with Crippen LogP contribution in [0, 0.1) is 15.5 Å². The van der Waals surface area contributed by atoms with Gasteiger partial charge < -0.3 is 9.80 Å². The van der Waals surface area contributed by atoms with Gasteiger partial charge >= 0.3 is 6.03 Å². The van der Waals surface area contributed by atoms with Gasteiger partial charge in [-0.15, -0.1) is 0 Å². The molecule has 170 valence electrons. The second-order valence-electron chi connectivity index (χ2n) is 8.57. The lowest BCUT2D eigenvalue weighted by atomic mass is 9.67. The van der Waals surface area contributed by atoms with Crippen molar-refractivity contribution in [1.82, 2.24) is 10.2 Å². The lowest BCUT2D eigenvalue weighted by molar-refractivity contribution is -0.384. The third-order valence-electron chi connectivity index (χ3n) is 6.70. The summed E-state index contributed by atoms with van der Waals surface area (Å²) in [5.41, 5.74) is -0.177. The first-order chi connectivity index (χ1) is 15.7. The molecule has 0 saturated carbocycles. The Morgan fingerprint density at radius 3 is 2.55 bits per heavy atom. The third kappa shape index (κ3) is 3.17. The van der Waals surface area contributed by atoms with Gasteiger partial charge in [-0.25, -0.2) is 9.69 Å². The topological polar surface area (TPSA) is 116 Å². The molecule has 2 saturated heterocycles. The summed E-state index contributed by atoms with van der Waals surface area (Å²) in [6.45, 7) is 1.64. The van der Waals surface area contributed by atoms with E-state index in [1.807, 2.05) is 16.8 Å². The number of urea groups is 1. The number of barbiturate groups is 1. The van der Waals surface area contributed by atoms with E-state index in [0.29, 0.717) is 30.2 Å². The standard InChI is InChI=1S/C22H20ClN5O5/c1-25-8-9-26-17-7-6-16(28(32)33)10-13(17)11-22(18(26)12-25)19(29)24-21(31)27(20(22)30)15-4-2-14(23)3-5-15/h2-7,10,18H,8-9,11-12H2,1H3,(H,24,29,31). The molecule has 11 heteroatoms. The van der Waals surface area contributed by atoms with Gasteiger partial charge in [0.05, 0.1) is 16.7 Å². The molecule has 0 aromatic heterocycles. The van der Waals surface area contributed by atoms with Gasteiger partial charge in [0.25, 0.3) is 11.6 Å². The summed E-state index contributed by atoms with van der Waals surface area (Å²) >= 11 is 5.97. The number of nitrogens with one attached hydrogen (secondary N) is 1. The van der Waals surface area contributed by atoms with Gasteiger partial charge in [-0.2, -0.15) is 0 Å². The van der Waals surface area contributed by atoms with Crippen LogP contribution in [0.1, 0.15) is 5.56 Å². The van der Waals surface area contributed by atoms with Gasteiger partial charge in [-0.1, -0.05) is 11.6 Å². The largest absolute Gasteiger partial charge is 0.364 e. The Kier molecular flexibility index (Phi) is 4.87. The van der Waals surface area contributed by atoms with Crippen molar-refractivity contribution in [3.63, 3.8) is 0 Å². The molecular formula is C22H20ClN5O5. The van der Waals surface area contributed by atoms with Crippen LogP contribution in [-0.2, 0) is 16.0 Å². The van der Waals surface area contributed by atoms with Gasteiger partial charge in [0.15, 0.2) is 5.41 Å². The number of amides is 4. The predicted octanol–water partition coefficient (Wildman–Crippen LogP) is 2.19. The highest BCUT2D eigenvalue weighted by Crippen LogP contribution is 2.47. The van der Waals surface area contributed by atoms with E-state index in [1.165, 1.54) is 24.3 Å². The number of fused-ring (bicyclic) bond motifs is 4. The van der Waals surface area contributed by atoms with Crippen molar-refractivity contribution in [1.29, 1.82) is 0 Å². The van der Waals surface area contributed by atoms with Crippen molar-refractivity contribution in [2.45, 2.75) is 12.5 Å². The Balaban J connectivity index is 1.68. The molecule has 3 heterocycles. The van der Waals surface area contributed by atoms with E-state index in [9.17, 15) is 24.5 Å². The number of carbonyl (C=O) groups excluding carboxylic acids is 3. The van der Waals surface area contributed by atoms with Crippen LogP contribution in [0.3, 0.4) is 0 Å². The lowest BCUT2D eigenvalue weighted by Gasteiger charge is -2.54. The zero-order chi connectivity index (χ0) is 23.5. The van der Waals surface area contributed by atoms with Crippen molar-refractivity contribution in [2.75, 3.05) is 36.5 Å². The summed E-state index contributed by atoms with van der Waals surface area (Å²) in [4.78, 5) is 56.1. The van der Waals surface area contributed by atoms with Gasteiger partial charge in [0.2, 0.25) is 5.91 Å². The van der Waals surface area contributed by atoms with E-state index in [2.05, 4.69) is 5.32 Å².